The van der Waals surface area contributed by atoms with E-state index in [2.05, 4.69) is 10.2 Å². The molecule has 0 aromatic heterocycles. The fourth-order valence-corrected chi connectivity index (χ4v) is 1.70. The fourth-order valence-electron chi connectivity index (χ4n) is 1.70. The van der Waals surface area contributed by atoms with Crippen LogP contribution in [-0.4, -0.2) is 31.6 Å². The monoisotopic (exact) mass is 235 g/mol. The molecule has 0 bridgehead atoms. The van der Waals surface area contributed by atoms with Crippen molar-refractivity contribution in [3.63, 3.8) is 0 Å². The molecule has 1 aromatic rings. The number of hydrogen-bond acceptors (Lipinski definition) is 3. The van der Waals surface area contributed by atoms with E-state index >= 15 is 0 Å². The molecule has 92 valence electrons. The zero-order valence-corrected chi connectivity index (χ0v) is 10.5. The van der Waals surface area contributed by atoms with Crippen LogP contribution in [0.2, 0.25) is 0 Å². The maximum atomic E-state index is 13.7. The van der Waals surface area contributed by atoms with Gasteiger partial charge in [0.05, 0.1) is 5.56 Å². The van der Waals surface area contributed by atoms with Crippen molar-refractivity contribution in [3.05, 3.63) is 35.1 Å². The summed E-state index contributed by atoms with van der Waals surface area (Å²) in [6, 6.07) is 7.01. The van der Waals surface area contributed by atoms with E-state index in [1.165, 1.54) is 6.07 Å². The summed E-state index contributed by atoms with van der Waals surface area (Å²) >= 11 is 0. The number of hydrogen-bond donors (Lipinski definition) is 1. The maximum Gasteiger partial charge on any atom is 0.145 e. The van der Waals surface area contributed by atoms with Gasteiger partial charge in [-0.25, -0.2) is 4.39 Å². The lowest BCUT2D eigenvalue weighted by Gasteiger charge is -2.18. The van der Waals surface area contributed by atoms with E-state index in [-0.39, 0.29) is 11.6 Å². The van der Waals surface area contributed by atoms with Crippen molar-refractivity contribution in [2.75, 3.05) is 20.6 Å². The first-order valence-electron chi connectivity index (χ1n) is 5.60. The molecule has 0 aliphatic rings. The highest BCUT2D eigenvalue weighted by molar-refractivity contribution is 5.34. The van der Waals surface area contributed by atoms with Crippen LogP contribution in [0.5, 0.6) is 0 Å². The third kappa shape index (κ3) is 4.14. The lowest BCUT2D eigenvalue weighted by atomic mass is 10.1. The Morgan fingerprint density at radius 1 is 1.47 bits per heavy atom. The zero-order chi connectivity index (χ0) is 12.8. The van der Waals surface area contributed by atoms with E-state index in [0.717, 1.165) is 6.54 Å². The Balaban J connectivity index is 2.61. The van der Waals surface area contributed by atoms with Crippen molar-refractivity contribution in [1.82, 2.24) is 10.2 Å². The van der Waals surface area contributed by atoms with Gasteiger partial charge >= 0.3 is 0 Å². The highest BCUT2D eigenvalue weighted by atomic mass is 19.1. The molecule has 0 saturated heterocycles. The molecule has 1 aromatic carbocycles. The molecular formula is C13H18FN3. The predicted octanol–water partition coefficient (Wildman–Crippen LogP) is 1.74. The SMILES string of the molecule is CC(CN(C)C)NCc1cccc(C#N)c1F. The van der Waals surface area contributed by atoms with Gasteiger partial charge in [0.1, 0.15) is 11.9 Å². The number of nitrogens with one attached hydrogen (secondary N) is 1. The van der Waals surface area contributed by atoms with Crippen molar-refractivity contribution in [3.8, 4) is 6.07 Å². The molecular weight excluding hydrogens is 217 g/mol. The van der Waals surface area contributed by atoms with E-state index in [9.17, 15) is 4.39 Å². The number of nitrogens with zero attached hydrogens (tertiary/aromatic N) is 2. The Labute approximate surface area is 102 Å². The second-order valence-electron chi connectivity index (χ2n) is 4.43. The van der Waals surface area contributed by atoms with Gasteiger partial charge in [0.2, 0.25) is 0 Å². The van der Waals surface area contributed by atoms with Crippen molar-refractivity contribution >= 4 is 0 Å². The molecule has 0 radical (unpaired) electrons. The highest BCUT2D eigenvalue weighted by Crippen LogP contribution is 2.11. The molecule has 0 spiro atoms. The van der Waals surface area contributed by atoms with Crippen LogP contribution in [0.1, 0.15) is 18.1 Å². The molecule has 0 aliphatic heterocycles. The van der Waals surface area contributed by atoms with Gasteiger partial charge in [-0.3, -0.25) is 0 Å². The summed E-state index contributed by atoms with van der Waals surface area (Å²) in [6.07, 6.45) is 0. The average molecular weight is 235 g/mol. The summed E-state index contributed by atoms with van der Waals surface area (Å²) in [6.45, 7) is 3.38. The van der Waals surface area contributed by atoms with Gasteiger partial charge in [-0.1, -0.05) is 12.1 Å². The van der Waals surface area contributed by atoms with Crippen LogP contribution in [0.4, 0.5) is 4.39 Å². The van der Waals surface area contributed by atoms with Crippen molar-refractivity contribution in [2.24, 2.45) is 0 Å². The van der Waals surface area contributed by atoms with E-state index in [1.54, 1.807) is 12.1 Å². The van der Waals surface area contributed by atoms with Crippen LogP contribution in [0.15, 0.2) is 18.2 Å². The zero-order valence-electron chi connectivity index (χ0n) is 10.5. The predicted molar refractivity (Wildman–Crippen MR) is 66.0 cm³/mol. The molecule has 1 N–H and O–H groups in total. The van der Waals surface area contributed by atoms with Gasteiger partial charge in [-0.2, -0.15) is 5.26 Å². The molecule has 3 nitrogen and oxygen atoms in total. The normalized spacial score (nSPS) is 12.5. The summed E-state index contributed by atoms with van der Waals surface area (Å²) < 4.78 is 13.7. The Morgan fingerprint density at radius 3 is 2.76 bits per heavy atom. The second kappa shape index (κ2) is 6.33. The van der Waals surface area contributed by atoms with Gasteiger partial charge in [-0.15, -0.1) is 0 Å². The first-order valence-corrected chi connectivity index (χ1v) is 5.60. The van der Waals surface area contributed by atoms with Gasteiger partial charge in [0.15, 0.2) is 0 Å². The molecule has 1 atom stereocenters. The molecule has 0 aliphatic carbocycles. The van der Waals surface area contributed by atoms with Crippen molar-refractivity contribution in [1.29, 1.82) is 5.26 Å². The first kappa shape index (κ1) is 13.6. The molecule has 0 heterocycles. The summed E-state index contributed by atoms with van der Waals surface area (Å²) in [5, 5.41) is 12.0. The quantitative estimate of drug-likeness (QED) is 0.845. The Morgan fingerprint density at radius 2 is 2.18 bits per heavy atom. The minimum atomic E-state index is -0.417. The van der Waals surface area contributed by atoms with Crippen LogP contribution in [0.3, 0.4) is 0 Å². The third-order valence-corrected chi connectivity index (χ3v) is 2.48. The molecule has 1 rings (SSSR count). The van der Waals surface area contributed by atoms with Gasteiger partial charge in [0.25, 0.3) is 0 Å². The van der Waals surface area contributed by atoms with E-state index in [4.69, 9.17) is 5.26 Å². The Hall–Kier alpha value is -1.44. The summed E-state index contributed by atoms with van der Waals surface area (Å²) in [5.41, 5.74) is 0.638. The molecule has 17 heavy (non-hydrogen) atoms. The number of nitriles is 1. The lowest BCUT2D eigenvalue weighted by Crippen LogP contribution is -2.35. The number of halogens is 1. The Kier molecular flexibility index (Phi) is 5.08. The van der Waals surface area contributed by atoms with Crippen molar-refractivity contribution in [2.45, 2.75) is 19.5 Å². The number of benzene rings is 1. The van der Waals surface area contributed by atoms with Crippen LogP contribution >= 0.6 is 0 Å². The summed E-state index contributed by atoms with van der Waals surface area (Å²) in [5.74, 6) is -0.417. The van der Waals surface area contributed by atoms with Crippen LogP contribution < -0.4 is 5.32 Å². The maximum absolute atomic E-state index is 13.7. The molecule has 4 heteroatoms. The van der Waals surface area contributed by atoms with Gasteiger partial charge in [0, 0.05) is 24.7 Å². The topological polar surface area (TPSA) is 39.1 Å². The smallest absolute Gasteiger partial charge is 0.145 e. The largest absolute Gasteiger partial charge is 0.309 e. The second-order valence-corrected chi connectivity index (χ2v) is 4.43. The number of likely N-dealkylation sites (N-methyl/N-ethyl adjacent to an activating group) is 1. The first-order chi connectivity index (χ1) is 8.04. The molecule has 1 unspecified atom stereocenters. The molecule has 0 amide bonds. The molecule has 0 saturated carbocycles. The minimum Gasteiger partial charge on any atom is -0.309 e. The lowest BCUT2D eigenvalue weighted by molar-refractivity contribution is 0.348. The summed E-state index contributed by atoms with van der Waals surface area (Å²) in [4.78, 5) is 2.07. The van der Waals surface area contributed by atoms with E-state index in [0.29, 0.717) is 12.1 Å². The van der Waals surface area contributed by atoms with E-state index < -0.39 is 5.82 Å². The van der Waals surface area contributed by atoms with Crippen LogP contribution in [-0.2, 0) is 6.54 Å². The van der Waals surface area contributed by atoms with Gasteiger partial charge < -0.3 is 10.2 Å². The van der Waals surface area contributed by atoms with Crippen molar-refractivity contribution < 1.29 is 4.39 Å². The molecule has 0 fully saturated rings. The van der Waals surface area contributed by atoms with Crippen LogP contribution in [0, 0.1) is 17.1 Å². The highest BCUT2D eigenvalue weighted by Gasteiger charge is 2.09. The fraction of sp³-hybridized carbons (Fsp3) is 0.462. The summed E-state index contributed by atoms with van der Waals surface area (Å²) in [7, 11) is 3.99. The van der Waals surface area contributed by atoms with Gasteiger partial charge in [-0.05, 0) is 27.1 Å². The van der Waals surface area contributed by atoms with E-state index in [1.807, 2.05) is 27.1 Å². The average Bonchev–Trinajstić information content (AvgIpc) is 2.27. The Bertz CT molecular complexity index is 410. The number of rotatable bonds is 5. The third-order valence-electron chi connectivity index (χ3n) is 2.48. The van der Waals surface area contributed by atoms with Crippen LogP contribution in [0.25, 0.3) is 0 Å². The standard InChI is InChI=1S/C13H18FN3/c1-10(9-17(2)3)16-8-12-6-4-5-11(7-15)13(12)14/h4-6,10,16H,8-9H2,1-3H3. The minimum absolute atomic E-state index is 0.101.